The van der Waals surface area contributed by atoms with Crippen LogP contribution in [0.1, 0.15) is 18.1 Å². The summed E-state index contributed by atoms with van der Waals surface area (Å²) in [4.78, 5) is 0. The second kappa shape index (κ2) is 7.50. The predicted molar refractivity (Wildman–Crippen MR) is 98.7 cm³/mol. The first-order valence-corrected chi connectivity index (χ1v) is 9.20. The highest BCUT2D eigenvalue weighted by Gasteiger charge is 2.20. The van der Waals surface area contributed by atoms with E-state index in [0.717, 1.165) is 5.56 Å². The summed E-state index contributed by atoms with van der Waals surface area (Å²) in [7, 11) is 0. The molecule has 0 radical (unpaired) electrons. The molecule has 4 aromatic rings. The number of hydrogen-bond acceptors (Lipinski definition) is 7. The van der Waals surface area contributed by atoms with Gasteiger partial charge < -0.3 is 8.83 Å². The van der Waals surface area contributed by atoms with Crippen LogP contribution in [-0.2, 0) is 0 Å². The molecule has 2 aromatic heterocycles. The quantitative estimate of drug-likeness (QED) is 0.411. The number of nitrogens with zero attached hydrogens (tertiary/aromatic N) is 4. The molecule has 6 nitrogen and oxygen atoms in total. The Bertz CT molecular complexity index is 1070. The highest BCUT2D eigenvalue weighted by molar-refractivity contribution is 7.99. The van der Waals surface area contributed by atoms with E-state index in [2.05, 4.69) is 20.4 Å². The molecule has 1 atom stereocenters. The molecule has 0 saturated heterocycles. The van der Waals surface area contributed by atoms with Gasteiger partial charge in [0.15, 0.2) is 0 Å². The van der Waals surface area contributed by atoms with Gasteiger partial charge in [0.1, 0.15) is 5.82 Å². The zero-order chi connectivity index (χ0) is 18.8. The van der Waals surface area contributed by atoms with Gasteiger partial charge in [-0.2, -0.15) is 0 Å². The Hall–Kier alpha value is -2.71. The van der Waals surface area contributed by atoms with Gasteiger partial charge in [-0.3, -0.25) is 0 Å². The lowest BCUT2D eigenvalue weighted by Gasteiger charge is -2.01. The van der Waals surface area contributed by atoms with Gasteiger partial charge in [0.25, 0.3) is 5.22 Å². The van der Waals surface area contributed by atoms with Crippen molar-refractivity contribution >= 4 is 23.4 Å². The van der Waals surface area contributed by atoms with E-state index in [4.69, 9.17) is 20.4 Å². The fourth-order valence-corrected chi connectivity index (χ4v) is 3.21. The molecular formula is C18H12ClFN4O2S. The molecule has 4 rings (SSSR count). The summed E-state index contributed by atoms with van der Waals surface area (Å²) in [5, 5.41) is 16.9. The molecule has 0 unspecified atom stereocenters. The molecule has 0 aliphatic heterocycles. The lowest BCUT2D eigenvalue weighted by molar-refractivity contribution is 0.461. The lowest BCUT2D eigenvalue weighted by Crippen LogP contribution is -1.88. The van der Waals surface area contributed by atoms with E-state index < -0.39 is 0 Å². The average molecular weight is 403 g/mol. The van der Waals surface area contributed by atoms with Gasteiger partial charge in [0.2, 0.25) is 17.7 Å². The number of thioether (sulfide) groups is 1. The Labute approximate surface area is 162 Å². The smallest absolute Gasteiger partial charge is 0.277 e. The molecule has 0 aliphatic rings. The van der Waals surface area contributed by atoms with Crippen LogP contribution in [0.2, 0.25) is 5.02 Å². The van der Waals surface area contributed by atoms with Gasteiger partial charge in [0.05, 0.1) is 5.25 Å². The second-order valence-corrected chi connectivity index (χ2v) is 7.32. The van der Waals surface area contributed by atoms with Crippen LogP contribution in [0.25, 0.3) is 22.9 Å². The summed E-state index contributed by atoms with van der Waals surface area (Å²) in [6.45, 7) is 1.88. The first kappa shape index (κ1) is 17.7. The Morgan fingerprint density at radius 3 is 2.44 bits per heavy atom. The summed E-state index contributed by atoms with van der Waals surface area (Å²) in [6.07, 6.45) is 0. The van der Waals surface area contributed by atoms with Crippen molar-refractivity contribution < 1.29 is 13.2 Å². The third-order valence-electron chi connectivity index (χ3n) is 3.64. The first-order valence-electron chi connectivity index (χ1n) is 7.94. The summed E-state index contributed by atoms with van der Waals surface area (Å²) in [5.74, 6) is 0.781. The van der Waals surface area contributed by atoms with E-state index in [1.54, 1.807) is 24.3 Å². The maximum Gasteiger partial charge on any atom is 0.277 e. The van der Waals surface area contributed by atoms with Crippen LogP contribution in [0.15, 0.2) is 62.6 Å². The van der Waals surface area contributed by atoms with Gasteiger partial charge in [-0.1, -0.05) is 29.4 Å². The molecule has 27 heavy (non-hydrogen) atoms. The fourth-order valence-electron chi connectivity index (χ4n) is 2.31. The standard InChI is InChI=1S/C18H12ClFN4O2S/c1-10(15-21-22-16(25-15)11-5-7-14(20)8-6-11)27-18-24-23-17(26-18)12-3-2-4-13(19)9-12/h2-10H,1H3/t10-/m0/s1. The van der Waals surface area contributed by atoms with E-state index in [0.29, 0.717) is 33.5 Å². The topological polar surface area (TPSA) is 77.8 Å². The largest absolute Gasteiger partial charge is 0.419 e. The molecule has 136 valence electrons. The third-order valence-corrected chi connectivity index (χ3v) is 4.79. The van der Waals surface area contributed by atoms with Gasteiger partial charge in [0, 0.05) is 16.1 Å². The van der Waals surface area contributed by atoms with Crippen molar-refractivity contribution in [3.05, 3.63) is 65.3 Å². The highest BCUT2D eigenvalue weighted by atomic mass is 35.5. The van der Waals surface area contributed by atoms with Crippen molar-refractivity contribution in [2.75, 3.05) is 0 Å². The number of aromatic nitrogens is 4. The molecule has 2 aromatic carbocycles. The van der Waals surface area contributed by atoms with E-state index in [1.807, 2.05) is 19.1 Å². The zero-order valence-electron chi connectivity index (χ0n) is 14.0. The molecule has 0 spiro atoms. The Morgan fingerprint density at radius 2 is 1.67 bits per heavy atom. The van der Waals surface area contributed by atoms with Crippen LogP contribution in [-0.4, -0.2) is 20.4 Å². The van der Waals surface area contributed by atoms with Gasteiger partial charge >= 0.3 is 0 Å². The number of hydrogen-bond donors (Lipinski definition) is 0. The number of halogens is 2. The Balaban J connectivity index is 1.48. The summed E-state index contributed by atoms with van der Waals surface area (Å²) < 4.78 is 24.4. The number of rotatable bonds is 5. The SMILES string of the molecule is C[C@H](Sc1nnc(-c2cccc(Cl)c2)o1)c1nnc(-c2ccc(F)cc2)o1. The highest BCUT2D eigenvalue weighted by Crippen LogP contribution is 2.35. The maximum atomic E-state index is 13.0. The average Bonchev–Trinajstić information content (AvgIpc) is 3.32. The third kappa shape index (κ3) is 4.01. The molecule has 2 heterocycles. The molecule has 0 amide bonds. The van der Waals surface area contributed by atoms with Crippen LogP contribution in [0.5, 0.6) is 0 Å². The zero-order valence-corrected chi connectivity index (χ0v) is 15.5. The van der Waals surface area contributed by atoms with Crippen molar-refractivity contribution in [2.45, 2.75) is 17.4 Å². The monoisotopic (exact) mass is 402 g/mol. The van der Waals surface area contributed by atoms with Gasteiger partial charge in [-0.05, 0) is 49.4 Å². The molecular weight excluding hydrogens is 391 g/mol. The van der Waals surface area contributed by atoms with E-state index in [-0.39, 0.29) is 11.1 Å². The molecule has 0 saturated carbocycles. The van der Waals surface area contributed by atoms with Gasteiger partial charge in [-0.25, -0.2) is 4.39 Å². The summed E-state index contributed by atoms with van der Waals surface area (Å²) >= 11 is 7.28. The molecule has 9 heteroatoms. The first-order chi connectivity index (χ1) is 13.1. The normalized spacial score (nSPS) is 12.3. The maximum absolute atomic E-state index is 13.0. The van der Waals surface area contributed by atoms with E-state index >= 15 is 0 Å². The minimum atomic E-state index is -0.325. The molecule has 0 fully saturated rings. The fraction of sp³-hybridized carbons (Fsp3) is 0.111. The summed E-state index contributed by atoms with van der Waals surface area (Å²) in [6, 6.07) is 13.0. The van der Waals surface area contributed by atoms with Crippen molar-refractivity contribution in [1.82, 2.24) is 20.4 Å². The lowest BCUT2D eigenvalue weighted by atomic mass is 10.2. The molecule has 0 aliphatic carbocycles. The van der Waals surface area contributed by atoms with Crippen LogP contribution in [0.4, 0.5) is 4.39 Å². The van der Waals surface area contributed by atoms with Crippen LogP contribution in [0.3, 0.4) is 0 Å². The Morgan fingerprint density at radius 1 is 0.926 bits per heavy atom. The minimum absolute atomic E-state index is 0.209. The second-order valence-electron chi connectivity index (χ2n) is 5.60. The van der Waals surface area contributed by atoms with Crippen LogP contribution < -0.4 is 0 Å². The van der Waals surface area contributed by atoms with Crippen molar-refractivity contribution in [3.63, 3.8) is 0 Å². The number of benzene rings is 2. The predicted octanol–water partition coefficient (Wildman–Crippen LogP) is 5.43. The van der Waals surface area contributed by atoms with Crippen molar-refractivity contribution in [1.29, 1.82) is 0 Å². The van der Waals surface area contributed by atoms with Crippen LogP contribution >= 0.6 is 23.4 Å². The van der Waals surface area contributed by atoms with Crippen molar-refractivity contribution in [3.8, 4) is 22.9 Å². The van der Waals surface area contributed by atoms with Crippen molar-refractivity contribution in [2.24, 2.45) is 0 Å². The van der Waals surface area contributed by atoms with Gasteiger partial charge in [-0.15, -0.1) is 20.4 Å². The van der Waals surface area contributed by atoms with E-state index in [9.17, 15) is 4.39 Å². The van der Waals surface area contributed by atoms with Crippen LogP contribution in [0, 0.1) is 5.82 Å². The molecule has 0 N–H and O–H groups in total. The minimum Gasteiger partial charge on any atom is -0.419 e. The summed E-state index contributed by atoms with van der Waals surface area (Å²) in [5.41, 5.74) is 1.39. The molecule has 0 bridgehead atoms. The Kier molecular flexibility index (Phi) is 4.91. The van der Waals surface area contributed by atoms with E-state index in [1.165, 1.54) is 23.9 Å².